The van der Waals surface area contributed by atoms with Crippen LogP contribution in [0.4, 0.5) is 4.79 Å². The van der Waals surface area contributed by atoms with Crippen molar-refractivity contribution < 1.29 is 14.4 Å². The Bertz CT molecular complexity index is 523. The van der Waals surface area contributed by atoms with Crippen LogP contribution < -0.4 is 0 Å². The zero-order chi connectivity index (χ0) is 18.5. The normalized spacial score (nSPS) is 24.9. The third-order valence-corrected chi connectivity index (χ3v) is 5.91. The molecule has 144 valence electrons. The summed E-state index contributed by atoms with van der Waals surface area (Å²) in [6.45, 7) is 2.60. The third-order valence-electron chi connectivity index (χ3n) is 5.91. The lowest BCUT2D eigenvalue weighted by Crippen LogP contribution is -2.65. The van der Waals surface area contributed by atoms with Crippen LogP contribution in [0.25, 0.3) is 0 Å². The van der Waals surface area contributed by atoms with Crippen molar-refractivity contribution in [2.45, 2.75) is 89.6 Å². The first-order valence-corrected chi connectivity index (χ1v) is 10.3. The number of amides is 4. The first-order chi connectivity index (χ1) is 12.6. The van der Waals surface area contributed by atoms with E-state index < -0.39 is 5.92 Å². The van der Waals surface area contributed by atoms with Gasteiger partial charge in [0, 0.05) is 24.8 Å². The van der Waals surface area contributed by atoms with E-state index in [9.17, 15) is 14.4 Å². The van der Waals surface area contributed by atoms with Crippen LogP contribution in [0.15, 0.2) is 4.99 Å². The molecular weight excluding hydrogens is 330 g/mol. The van der Waals surface area contributed by atoms with Crippen LogP contribution in [0, 0.1) is 5.92 Å². The second-order valence-corrected chi connectivity index (χ2v) is 7.82. The number of urea groups is 1. The van der Waals surface area contributed by atoms with Crippen molar-refractivity contribution in [3.05, 3.63) is 0 Å². The van der Waals surface area contributed by atoms with Gasteiger partial charge in [-0.2, -0.15) is 0 Å². The second-order valence-electron chi connectivity index (χ2n) is 7.82. The van der Waals surface area contributed by atoms with Crippen LogP contribution in [0.2, 0.25) is 0 Å². The predicted molar refractivity (Wildman–Crippen MR) is 100.0 cm³/mol. The molecule has 0 unspecified atom stereocenters. The Kier molecular flexibility index (Phi) is 6.43. The van der Waals surface area contributed by atoms with E-state index in [2.05, 4.69) is 4.99 Å². The Labute approximate surface area is 156 Å². The number of hydrogen-bond acceptors (Lipinski definition) is 4. The summed E-state index contributed by atoms with van der Waals surface area (Å²) in [6.07, 6.45) is 12.2. The van der Waals surface area contributed by atoms with Gasteiger partial charge < -0.3 is 0 Å². The fourth-order valence-corrected chi connectivity index (χ4v) is 4.50. The summed E-state index contributed by atoms with van der Waals surface area (Å²) in [5, 5.41) is 0. The topological polar surface area (TPSA) is 70.1 Å². The quantitative estimate of drug-likeness (QED) is 0.555. The molecule has 26 heavy (non-hydrogen) atoms. The molecule has 3 fully saturated rings. The molecule has 6 nitrogen and oxygen atoms in total. The van der Waals surface area contributed by atoms with Crippen LogP contribution in [-0.4, -0.2) is 52.5 Å². The van der Waals surface area contributed by atoms with Gasteiger partial charge in [0.2, 0.25) is 11.8 Å². The molecule has 0 radical (unpaired) electrons. The van der Waals surface area contributed by atoms with Gasteiger partial charge in [0.05, 0.1) is 0 Å². The highest BCUT2D eigenvalue weighted by Gasteiger charge is 2.49. The molecule has 0 aromatic rings. The Morgan fingerprint density at radius 2 is 1.31 bits per heavy atom. The summed E-state index contributed by atoms with van der Waals surface area (Å²) in [4.78, 5) is 46.4. The Hall–Kier alpha value is -1.72. The van der Waals surface area contributed by atoms with E-state index in [0.717, 1.165) is 70.6 Å². The Balaban J connectivity index is 1.88. The lowest BCUT2D eigenvalue weighted by molar-refractivity contribution is -0.149. The van der Waals surface area contributed by atoms with Gasteiger partial charge in [-0.25, -0.2) is 4.79 Å². The van der Waals surface area contributed by atoms with Crippen LogP contribution in [-0.2, 0) is 9.59 Å². The molecule has 1 heterocycles. The summed E-state index contributed by atoms with van der Waals surface area (Å²) < 4.78 is 0. The molecule has 0 atom stereocenters. The van der Waals surface area contributed by atoms with E-state index >= 15 is 0 Å². The van der Waals surface area contributed by atoms with Crippen molar-refractivity contribution in [1.82, 2.24) is 9.80 Å². The molecule has 4 amide bonds. The van der Waals surface area contributed by atoms with Gasteiger partial charge in [-0.15, -0.1) is 0 Å². The van der Waals surface area contributed by atoms with Crippen molar-refractivity contribution in [1.29, 1.82) is 0 Å². The highest BCUT2D eigenvalue weighted by Crippen LogP contribution is 2.32. The second kappa shape index (κ2) is 8.78. The van der Waals surface area contributed by atoms with Crippen molar-refractivity contribution >= 4 is 24.1 Å². The van der Waals surface area contributed by atoms with E-state index in [1.807, 2.05) is 6.92 Å². The minimum Gasteiger partial charge on any atom is -0.296 e. The van der Waals surface area contributed by atoms with E-state index in [0.29, 0.717) is 6.54 Å². The minimum absolute atomic E-state index is 0.0648. The van der Waals surface area contributed by atoms with Crippen molar-refractivity contribution in [3.63, 3.8) is 0 Å². The predicted octanol–water partition coefficient (Wildman–Crippen LogP) is 3.54. The number of hydrogen-bond donors (Lipinski definition) is 0. The molecule has 2 saturated carbocycles. The molecular formula is C20H31N3O3. The number of carbonyl (C=O) groups excluding carboxylic acids is 3. The van der Waals surface area contributed by atoms with E-state index in [4.69, 9.17) is 0 Å². The van der Waals surface area contributed by atoms with Gasteiger partial charge in [0.25, 0.3) is 0 Å². The number of aliphatic imine (C=N–C) groups is 1. The summed E-state index contributed by atoms with van der Waals surface area (Å²) in [7, 11) is 0. The van der Waals surface area contributed by atoms with Crippen molar-refractivity contribution in [2.24, 2.45) is 10.9 Å². The van der Waals surface area contributed by atoms with Gasteiger partial charge in [0.15, 0.2) is 5.92 Å². The molecule has 2 aliphatic carbocycles. The smallest absolute Gasteiger partial charge is 0.296 e. The molecule has 3 rings (SSSR count). The van der Waals surface area contributed by atoms with Crippen molar-refractivity contribution in [3.8, 4) is 0 Å². The van der Waals surface area contributed by atoms with Crippen LogP contribution >= 0.6 is 0 Å². The third kappa shape index (κ3) is 3.84. The minimum atomic E-state index is -0.928. The van der Waals surface area contributed by atoms with Crippen LogP contribution in [0.3, 0.4) is 0 Å². The molecule has 0 N–H and O–H groups in total. The first kappa shape index (κ1) is 19.1. The summed E-state index contributed by atoms with van der Waals surface area (Å²) in [6, 6.07) is -0.506. The molecule has 0 aromatic heterocycles. The standard InChI is InChI=1S/C20H31N3O3/c1-2-13-21-14-17-18(24)22(15-9-5-3-6-10-15)20(26)23(19(17)25)16-11-7-4-8-12-16/h14-17H,2-13H2,1H3. The zero-order valence-electron chi connectivity index (χ0n) is 15.9. The molecule has 6 heteroatoms. The number of barbiturate groups is 1. The molecule has 0 bridgehead atoms. The lowest BCUT2D eigenvalue weighted by atomic mass is 9.90. The summed E-state index contributed by atoms with van der Waals surface area (Å²) in [5.74, 6) is -1.65. The van der Waals surface area contributed by atoms with Crippen LogP contribution in [0.5, 0.6) is 0 Å². The maximum atomic E-state index is 13.2. The number of imide groups is 2. The molecule has 0 spiro atoms. The van der Waals surface area contributed by atoms with Gasteiger partial charge in [-0.3, -0.25) is 24.4 Å². The molecule has 0 aromatic carbocycles. The molecule has 1 saturated heterocycles. The number of nitrogens with zero attached hydrogens (tertiary/aromatic N) is 3. The molecule has 1 aliphatic heterocycles. The summed E-state index contributed by atoms with van der Waals surface area (Å²) in [5.41, 5.74) is 0. The highest BCUT2D eigenvalue weighted by atomic mass is 16.2. The van der Waals surface area contributed by atoms with Crippen LogP contribution in [0.1, 0.15) is 77.6 Å². The summed E-state index contributed by atoms with van der Waals surface area (Å²) >= 11 is 0. The average molecular weight is 361 g/mol. The van der Waals surface area contributed by atoms with Gasteiger partial charge in [-0.05, 0) is 32.1 Å². The highest BCUT2D eigenvalue weighted by molar-refractivity contribution is 6.23. The zero-order valence-corrected chi connectivity index (χ0v) is 15.9. The number of carbonyl (C=O) groups is 3. The van der Waals surface area contributed by atoms with Crippen molar-refractivity contribution in [2.75, 3.05) is 6.54 Å². The van der Waals surface area contributed by atoms with E-state index in [1.54, 1.807) is 0 Å². The maximum Gasteiger partial charge on any atom is 0.333 e. The fraction of sp³-hybridized carbons (Fsp3) is 0.800. The Morgan fingerprint density at radius 3 is 1.73 bits per heavy atom. The van der Waals surface area contributed by atoms with Gasteiger partial charge in [-0.1, -0.05) is 45.4 Å². The first-order valence-electron chi connectivity index (χ1n) is 10.3. The van der Waals surface area contributed by atoms with E-state index in [1.165, 1.54) is 16.0 Å². The lowest BCUT2D eigenvalue weighted by Gasteiger charge is -2.44. The Morgan fingerprint density at radius 1 is 0.846 bits per heavy atom. The number of rotatable bonds is 5. The fourth-order valence-electron chi connectivity index (χ4n) is 4.50. The van der Waals surface area contributed by atoms with Gasteiger partial charge >= 0.3 is 6.03 Å². The van der Waals surface area contributed by atoms with E-state index in [-0.39, 0.29) is 29.9 Å². The maximum absolute atomic E-state index is 13.2. The molecule has 3 aliphatic rings. The van der Waals surface area contributed by atoms with Gasteiger partial charge in [0.1, 0.15) is 0 Å². The average Bonchev–Trinajstić information content (AvgIpc) is 2.66. The SMILES string of the molecule is CCCN=CC1C(=O)N(C2CCCCC2)C(=O)N(C2CCCCC2)C1=O. The largest absolute Gasteiger partial charge is 0.333 e. The monoisotopic (exact) mass is 361 g/mol.